The zero-order valence-electron chi connectivity index (χ0n) is 13.8. The zero-order valence-corrected chi connectivity index (χ0v) is 13.8. The van der Waals surface area contributed by atoms with Gasteiger partial charge < -0.3 is 14.5 Å². The normalized spacial score (nSPS) is 13.1. The summed E-state index contributed by atoms with van der Waals surface area (Å²) in [6, 6.07) is 22.8. The Bertz CT molecular complexity index is 1250. The number of rotatable bonds is 1. The molecular weight excluding hydrogens is 324 g/mol. The van der Waals surface area contributed by atoms with Crippen molar-refractivity contribution in [2.24, 2.45) is 0 Å². The summed E-state index contributed by atoms with van der Waals surface area (Å²) in [7, 11) is 0. The lowest BCUT2D eigenvalue weighted by atomic mass is 10.0. The van der Waals surface area contributed by atoms with Gasteiger partial charge in [0.15, 0.2) is 11.5 Å². The van der Waals surface area contributed by atoms with Crippen molar-refractivity contribution in [2.75, 3.05) is 6.79 Å². The van der Waals surface area contributed by atoms with E-state index in [1.807, 2.05) is 18.2 Å². The van der Waals surface area contributed by atoms with Gasteiger partial charge in [0.25, 0.3) is 0 Å². The Morgan fingerprint density at radius 2 is 1.42 bits per heavy atom. The zero-order chi connectivity index (χ0) is 17.1. The topological polar surface area (TPSA) is 47.1 Å². The van der Waals surface area contributed by atoms with Crippen LogP contribution in [0.4, 0.5) is 0 Å². The minimum absolute atomic E-state index is 0.272. The fraction of sp³-hybridized carbons (Fsp3) is 0.0455. The molecule has 26 heavy (non-hydrogen) atoms. The van der Waals surface area contributed by atoms with Gasteiger partial charge in [-0.1, -0.05) is 48.5 Å². The Labute approximate surface area is 149 Å². The molecule has 1 N–H and O–H groups in total. The molecule has 6 rings (SSSR count). The Kier molecular flexibility index (Phi) is 2.63. The van der Waals surface area contributed by atoms with Crippen LogP contribution in [0.1, 0.15) is 0 Å². The number of aromatic amines is 1. The van der Waals surface area contributed by atoms with Crippen molar-refractivity contribution < 1.29 is 9.47 Å². The predicted molar refractivity (Wildman–Crippen MR) is 103 cm³/mol. The first-order chi connectivity index (χ1) is 12.9. The second-order valence-electron chi connectivity index (χ2n) is 6.47. The Balaban J connectivity index is 1.70. The summed E-state index contributed by atoms with van der Waals surface area (Å²) in [5.41, 5.74) is 3.04. The molecule has 124 valence electrons. The maximum Gasteiger partial charge on any atom is 0.231 e. The van der Waals surface area contributed by atoms with E-state index >= 15 is 0 Å². The summed E-state index contributed by atoms with van der Waals surface area (Å²) < 4.78 is 10.9. The molecule has 1 aromatic heterocycles. The van der Waals surface area contributed by atoms with Crippen molar-refractivity contribution in [3.8, 4) is 22.9 Å². The highest BCUT2D eigenvalue weighted by atomic mass is 16.7. The van der Waals surface area contributed by atoms with Crippen LogP contribution in [0.3, 0.4) is 0 Å². The number of imidazole rings is 1. The van der Waals surface area contributed by atoms with Gasteiger partial charge in [0.1, 0.15) is 5.82 Å². The van der Waals surface area contributed by atoms with E-state index in [0.29, 0.717) is 0 Å². The molecule has 0 saturated carbocycles. The van der Waals surface area contributed by atoms with Crippen molar-refractivity contribution in [1.82, 2.24) is 9.97 Å². The predicted octanol–water partition coefficient (Wildman–Crippen LogP) is 5.27. The second-order valence-corrected chi connectivity index (χ2v) is 6.47. The van der Waals surface area contributed by atoms with Gasteiger partial charge in [-0.2, -0.15) is 0 Å². The average Bonchev–Trinajstić information content (AvgIpc) is 3.35. The lowest BCUT2D eigenvalue weighted by Crippen LogP contribution is -1.92. The van der Waals surface area contributed by atoms with E-state index in [9.17, 15) is 0 Å². The van der Waals surface area contributed by atoms with Gasteiger partial charge in [0.05, 0.1) is 11.0 Å². The van der Waals surface area contributed by atoms with Crippen LogP contribution in [0.2, 0.25) is 0 Å². The van der Waals surface area contributed by atoms with Gasteiger partial charge in [-0.25, -0.2) is 4.98 Å². The quantitative estimate of drug-likeness (QED) is 0.424. The van der Waals surface area contributed by atoms with Gasteiger partial charge in [0.2, 0.25) is 6.79 Å². The highest BCUT2D eigenvalue weighted by molar-refractivity contribution is 6.23. The molecule has 0 aliphatic carbocycles. The van der Waals surface area contributed by atoms with Crippen molar-refractivity contribution in [1.29, 1.82) is 0 Å². The van der Waals surface area contributed by atoms with Crippen molar-refractivity contribution >= 4 is 32.6 Å². The number of hydrogen-bond acceptors (Lipinski definition) is 3. The van der Waals surface area contributed by atoms with E-state index in [2.05, 4.69) is 53.5 Å². The standard InChI is InChI=1S/C22H14N2O2/c1-3-7-16-14(5-1)15-6-2-4-8-17(15)21-20(16)23-22(24-21)13-9-10-18-19(11-13)26-12-25-18/h1-11H,12H2,(H,23,24). The molecule has 0 bridgehead atoms. The van der Waals surface area contributed by atoms with Gasteiger partial charge in [0, 0.05) is 16.3 Å². The van der Waals surface area contributed by atoms with E-state index in [1.165, 1.54) is 16.2 Å². The van der Waals surface area contributed by atoms with Gasteiger partial charge in [-0.05, 0) is 29.0 Å². The number of H-pyrrole nitrogens is 1. The van der Waals surface area contributed by atoms with Crippen LogP contribution in [0.25, 0.3) is 44.0 Å². The average molecular weight is 338 g/mol. The molecule has 4 heteroatoms. The highest BCUT2D eigenvalue weighted by Gasteiger charge is 2.17. The van der Waals surface area contributed by atoms with Crippen LogP contribution in [0.5, 0.6) is 11.5 Å². The van der Waals surface area contributed by atoms with Crippen LogP contribution in [-0.4, -0.2) is 16.8 Å². The summed E-state index contributed by atoms with van der Waals surface area (Å²) >= 11 is 0. The summed E-state index contributed by atoms with van der Waals surface area (Å²) in [5, 5.41) is 4.79. The number of hydrogen-bond donors (Lipinski definition) is 1. The maximum atomic E-state index is 5.51. The third kappa shape index (κ3) is 1.81. The highest BCUT2D eigenvalue weighted by Crippen LogP contribution is 2.38. The van der Waals surface area contributed by atoms with Crippen LogP contribution in [-0.2, 0) is 0 Å². The number of nitrogens with zero attached hydrogens (tertiary/aromatic N) is 1. The third-order valence-corrected chi connectivity index (χ3v) is 5.02. The number of aromatic nitrogens is 2. The van der Waals surface area contributed by atoms with Crippen LogP contribution >= 0.6 is 0 Å². The SMILES string of the molecule is c1ccc2c(c1)c1ccccc1c1[nH]c(-c3ccc4c(c3)OCO4)nc21. The number of fused-ring (bicyclic) bond motifs is 7. The molecule has 1 aliphatic heterocycles. The molecule has 0 saturated heterocycles. The number of ether oxygens (including phenoxy) is 2. The second kappa shape index (κ2) is 4.99. The van der Waals surface area contributed by atoms with E-state index in [4.69, 9.17) is 14.5 Å². The minimum atomic E-state index is 0.272. The van der Waals surface area contributed by atoms with Gasteiger partial charge >= 0.3 is 0 Å². The molecule has 0 spiro atoms. The summed E-state index contributed by atoms with van der Waals surface area (Å²) in [6.45, 7) is 0.272. The molecule has 0 radical (unpaired) electrons. The first-order valence-corrected chi connectivity index (χ1v) is 8.58. The molecule has 0 unspecified atom stereocenters. The number of benzene rings is 4. The lowest BCUT2D eigenvalue weighted by Gasteiger charge is -2.05. The molecule has 5 aromatic rings. The summed E-state index contributed by atoms with van der Waals surface area (Å²) in [4.78, 5) is 8.47. The monoisotopic (exact) mass is 338 g/mol. The lowest BCUT2D eigenvalue weighted by molar-refractivity contribution is 0.174. The van der Waals surface area contributed by atoms with Crippen molar-refractivity contribution in [3.05, 3.63) is 66.7 Å². The molecule has 0 atom stereocenters. The van der Waals surface area contributed by atoms with Gasteiger partial charge in [-0.15, -0.1) is 0 Å². The first-order valence-electron chi connectivity index (χ1n) is 8.58. The maximum absolute atomic E-state index is 5.51. The van der Waals surface area contributed by atoms with Crippen LogP contribution in [0.15, 0.2) is 66.7 Å². The molecule has 2 heterocycles. The van der Waals surface area contributed by atoms with E-state index < -0.39 is 0 Å². The summed E-state index contributed by atoms with van der Waals surface area (Å²) in [5.74, 6) is 2.37. The summed E-state index contributed by atoms with van der Waals surface area (Å²) in [6.07, 6.45) is 0. The Morgan fingerprint density at radius 3 is 2.27 bits per heavy atom. The first kappa shape index (κ1) is 13.7. The van der Waals surface area contributed by atoms with Crippen LogP contribution < -0.4 is 9.47 Å². The molecular formula is C22H14N2O2. The van der Waals surface area contributed by atoms with Crippen molar-refractivity contribution in [2.45, 2.75) is 0 Å². The van der Waals surface area contributed by atoms with E-state index in [-0.39, 0.29) is 6.79 Å². The Hall–Kier alpha value is -3.53. The molecule has 4 nitrogen and oxygen atoms in total. The number of nitrogens with one attached hydrogen (secondary N) is 1. The van der Waals surface area contributed by atoms with E-state index in [0.717, 1.165) is 39.3 Å². The third-order valence-electron chi connectivity index (χ3n) is 5.02. The molecule has 0 fully saturated rings. The van der Waals surface area contributed by atoms with Crippen LogP contribution in [0, 0.1) is 0 Å². The largest absolute Gasteiger partial charge is 0.454 e. The molecule has 4 aromatic carbocycles. The smallest absolute Gasteiger partial charge is 0.231 e. The van der Waals surface area contributed by atoms with Gasteiger partial charge in [-0.3, -0.25) is 0 Å². The minimum Gasteiger partial charge on any atom is -0.454 e. The fourth-order valence-electron chi connectivity index (χ4n) is 3.80. The molecule has 0 amide bonds. The Morgan fingerprint density at radius 1 is 0.731 bits per heavy atom. The van der Waals surface area contributed by atoms with Crippen molar-refractivity contribution in [3.63, 3.8) is 0 Å². The van der Waals surface area contributed by atoms with E-state index in [1.54, 1.807) is 0 Å². The fourth-order valence-corrected chi connectivity index (χ4v) is 3.80. The molecule has 1 aliphatic rings.